The predicted molar refractivity (Wildman–Crippen MR) is 78.8 cm³/mol. The first-order chi connectivity index (χ1) is 10.5. The summed E-state index contributed by atoms with van der Waals surface area (Å²) in [5.41, 5.74) is 0.799. The van der Waals surface area contributed by atoms with Crippen molar-refractivity contribution >= 4 is 23.3 Å². The monoisotopic (exact) mass is 300 g/mol. The largest absolute Gasteiger partial charge is 0.478 e. The Balaban J connectivity index is 2.07. The summed E-state index contributed by atoms with van der Waals surface area (Å²) in [4.78, 5) is 33.0. The molecule has 0 aliphatic rings. The molecule has 0 spiro atoms. The van der Waals surface area contributed by atoms with Crippen LogP contribution in [0.1, 0.15) is 15.9 Å². The fourth-order valence-electron chi connectivity index (χ4n) is 1.93. The summed E-state index contributed by atoms with van der Waals surface area (Å²) in [5, 5.41) is 22.2. The van der Waals surface area contributed by atoms with Gasteiger partial charge in [0.25, 0.3) is 5.69 Å². The first-order valence-electron chi connectivity index (χ1n) is 6.33. The van der Waals surface area contributed by atoms with Crippen molar-refractivity contribution in [3.63, 3.8) is 0 Å². The molecule has 112 valence electrons. The molecule has 2 N–H and O–H groups in total. The molecule has 7 heteroatoms. The molecular weight excluding hydrogens is 288 g/mol. The van der Waals surface area contributed by atoms with Crippen molar-refractivity contribution in [1.29, 1.82) is 0 Å². The molecule has 0 fully saturated rings. The van der Waals surface area contributed by atoms with Crippen molar-refractivity contribution in [2.45, 2.75) is 6.42 Å². The second-order valence-corrected chi connectivity index (χ2v) is 4.49. The van der Waals surface area contributed by atoms with E-state index < -0.39 is 16.8 Å². The number of nitro benzene ring substituents is 1. The standard InChI is InChI=1S/C15H12N2O5/c18-14(9-10-3-1-2-4-13(10)15(19)20)16-11-5-7-12(8-6-11)17(21)22/h1-8H,9H2,(H,16,18)(H,19,20). The second kappa shape index (κ2) is 6.49. The molecule has 0 unspecified atom stereocenters. The van der Waals surface area contributed by atoms with Crippen LogP contribution in [0.25, 0.3) is 0 Å². The third kappa shape index (κ3) is 3.66. The molecule has 0 aromatic heterocycles. The van der Waals surface area contributed by atoms with Gasteiger partial charge in [0.1, 0.15) is 0 Å². The Bertz CT molecular complexity index is 725. The van der Waals surface area contributed by atoms with Gasteiger partial charge in [-0.05, 0) is 23.8 Å². The first-order valence-corrected chi connectivity index (χ1v) is 6.33. The van der Waals surface area contributed by atoms with Crippen molar-refractivity contribution in [2.24, 2.45) is 0 Å². The molecule has 0 saturated carbocycles. The molecule has 0 heterocycles. The van der Waals surface area contributed by atoms with E-state index in [0.717, 1.165) is 0 Å². The minimum atomic E-state index is -1.10. The van der Waals surface area contributed by atoms with Gasteiger partial charge in [0.05, 0.1) is 16.9 Å². The molecule has 2 aromatic carbocycles. The van der Waals surface area contributed by atoms with Crippen LogP contribution in [-0.2, 0) is 11.2 Å². The number of amides is 1. The van der Waals surface area contributed by atoms with E-state index in [4.69, 9.17) is 5.11 Å². The lowest BCUT2D eigenvalue weighted by Crippen LogP contribution is -2.16. The van der Waals surface area contributed by atoms with E-state index in [1.165, 1.54) is 30.3 Å². The molecule has 0 bridgehead atoms. The SMILES string of the molecule is O=C(Cc1ccccc1C(=O)O)Nc1ccc([N+](=O)[O-])cc1. The van der Waals surface area contributed by atoms with Gasteiger partial charge in [-0.1, -0.05) is 18.2 Å². The number of carboxylic acids is 1. The molecule has 2 aromatic rings. The molecule has 7 nitrogen and oxygen atoms in total. The number of carbonyl (C=O) groups is 2. The summed E-state index contributed by atoms with van der Waals surface area (Å²) < 4.78 is 0. The van der Waals surface area contributed by atoms with Crippen LogP contribution in [0.3, 0.4) is 0 Å². The van der Waals surface area contributed by atoms with Crippen molar-refractivity contribution in [3.8, 4) is 0 Å². The zero-order valence-corrected chi connectivity index (χ0v) is 11.4. The molecule has 2 rings (SSSR count). The number of nitrogens with one attached hydrogen (secondary N) is 1. The van der Waals surface area contributed by atoms with Gasteiger partial charge in [-0.2, -0.15) is 0 Å². The highest BCUT2D eigenvalue weighted by Gasteiger charge is 2.13. The molecule has 0 radical (unpaired) electrons. The van der Waals surface area contributed by atoms with E-state index in [1.54, 1.807) is 18.2 Å². The topological polar surface area (TPSA) is 110 Å². The van der Waals surface area contributed by atoms with Crippen molar-refractivity contribution in [3.05, 3.63) is 69.8 Å². The van der Waals surface area contributed by atoms with Crippen LogP contribution in [0.5, 0.6) is 0 Å². The van der Waals surface area contributed by atoms with Gasteiger partial charge in [0.2, 0.25) is 5.91 Å². The van der Waals surface area contributed by atoms with Crippen molar-refractivity contribution < 1.29 is 19.6 Å². The van der Waals surface area contributed by atoms with Crippen LogP contribution in [0.4, 0.5) is 11.4 Å². The normalized spacial score (nSPS) is 10.0. The van der Waals surface area contributed by atoms with E-state index in [9.17, 15) is 19.7 Å². The number of benzene rings is 2. The molecule has 0 aliphatic carbocycles. The number of anilines is 1. The molecule has 22 heavy (non-hydrogen) atoms. The zero-order valence-electron chi connectivity index (χ0n) is 11.4. The molecule has 0 atom stereocenters. The zero-order chi connectivity index (χ0) is 16.1. The van der Waals surface area contributed by atoms with Crippen LogP contribution in [0, 0.1) is 10.1 Å². The second-order valence-electron chi connectivity index (χ2n) is 4.49. The number of non-ortho nitro benzene ring substituents is 1. The highest BCUT2D eigenvalue weighted by atomic mass is 16.6. The molecule has 0 aliphatic heterocycles. The van der Waals surface area contributed by atoms with Crippen molar-refractivity contribution in [2.75, 3.05) is 5.32 Å². The Morgan fingerprint density at radius 1 is 1.09 bits per heavy atom. The highest BCUT2D eigenvalue weighted by molar-refractivity contribution is 5.96. The number of nitrogens with zero attached hydrogens (tertiary/aromatic N) is 1. The Morgan fingerprint density at radius 2 is 1.73 bits per heavy atom. The highest BCUT2D eigenvalue weighted by Crippen LogP contribution is 2.16. The van der Waals surface area contributed by atoms with Crippen LogP contribution in [0.2, 0.25) is 0 Å². The van der Waals surface area contributed by atoms with Crippen LogP contribution >= 0.6 is 0 Å². The first kappa shape index (κ1) is 15.2. The Labute approximate surface area is 125 Å². The van der Waals surface area contributed by atoms with Crippen LogP contribution < -0.4 is 5.32 Å². The summed E-state index contributed by atoms with van der Waals surface area (Å²) in [6.07, 6.45) is -0.0978. The fraction of sp³-hybridized carbons (Fsp3) is 0.0667. The molecular formula is C15H12N2O5. The van der Waals surface area contributed by atoms with E-state index in [1.807, 2.05) is 0 Å². The van der Waals surface area contributed by atoms with Gasteiger partial charge >= 0.3 is 5.97 Å². The predicted octanol–water partition coefficient (Wildman–Crippen LogP) is 2.47. The lowest BCUT2D eigenvalue weighted by Gasteiger charge is -2.07. The maximum absolute atomic E-state index is 11.9. The average molecular weight is 300 g/mol. The number of aromatic carboxylic acids is 1. The number of hydrogen-bond donors (Lipinski definition) is 2. The van der Waals surface area contributed by atoms with E-state index in [0.29, 0.717) is 11.3 Å². The number of carboxylic acid groups (broad SMARTS) is 1. The van der Waals surface area contributed by atoms with Gasteiger partial charge in [-0.3, -0.25) is 14.9 Å². The molecule has 0 saturated heterocycles. The Morgan fingerprint density at radius 3 is 2.32 bits per heavy atom. The third-order valence-corrected chi connectivity index (χ3v) is 2.96. The summed E-state index contributed by atoms with van der Waals surface area (Å²) in [6.45, 7) is 0. The summed E-state index contributed by atoms with van der Waals surface area (Å²) >= 11 is 0. The number of rotatable bonds is 5. The van der Waals surface area contributed by atoms with E-state index in [-0.39, 0.29) is 17.7 Å². The summed E-state index contributed by atoms with van der Waals surface area (Å²) in [6, 6.07) is 11.6. The maximum Gasteiger partial charge on any atom is 0.335 e. The van der Waals surface area contributed by atoms with Crippen molar-refractivity contribution in [1.82, 2.24) is 0 Å². The van der Waals surface area contributed by atoms with Gasteiger partial charge < -0.3 is 10.4 Å². The summed E-state index contributed by atoms with van der Waals surface area (Å²) in [7, 11) is 0. The van der Waals surface area contributed by atoms with Gasteiger partial charge in [0.15, 0.2) is 0 Å². The quantitative estimate of drug-likeness (QED) is 0.651. The minimum Gasteiger partial charge on any atom is -0.478 e. The Kier molecular flexibility index (Phi) is 4.47. The minimum absolute atomic E-state index is 0.0707. The third-order valence-electron chi connectivity index (χ3n) is 2.96. The number of carbonyl (C=O) groups excluding carboxylic acids is 1. The lowest BCUT2D eigenvalue weighted by molar-refractivity contribution is -0.384. The average Bonchev–Trinajstić information content (AvgIpc) is 2.48. The van der Waals surface area contributed by atoms with E-state index >= 15 is 0 Å². The maximum atomic E-state index is 11.9. The number of nitro groups is 1. The summed E-state index contributed by atoms with van der Waals surface area (Å²) in [5.74, 6) is -1.50. The van der Waals surface area contributed by atoms with Crippen LogP contribution in [0.15, 0.2) is 48.5 Å². The van der Waals surface area contributed by atoms with Gasteiger partial charge in [0, 0.05) is 17.8 Å². The Hall–Kier alpha value is -3.22. The van der Waals surface area contributed by atoms with Gasteiger partial charge in [-0.25, -0.2) is 4.79 Å². The smallest absolute Gasteiger partial charge is 0.335 e. The number of hydrogen-bond acceptors (Lipinski definition) is 4. The van der Waals surface area contributed by atoms with Crippen LogP contribution in [-0.4, -0.2) is 21.9 Å². The molecule has 1 amide bonds. The van der Waals surface area contributed by atoms with E-state index in [2.05, 4.69) is 5.32 Å². The van der Waals surface area contributed by atoms with Gasteiger partial charge in [-0.15, -0.1) is 0 Å². The fourth-order valence-corrected chi connectivity index (χ4v) is 1.93. The lowest BCUT2D eigenvalue weighted by atomic mass is 10.0.